The summed E-state index contributed by atoms with van der Waals surface area (Å²) < 4.78 is 0. The number of carbonyl (C=O) groups excluding carboxylic acids is 3. The van der Waals surface area contributed by atoms with Gasteiger partial charge >= 0.3 is 5.97 Å². The zero-order chi connectivity index (χ0) is 13.7. The highest BCUT2D eigenvalue weighted by Crippen LogP contribution is 2.06. The first-order chi connectivity index (χ1) is 8.45. The first kappa shape index (κ1) is 14.0. The second kappa shape index (κ2) is 6.06. The van der Waals surface area contributed by atoms with Crippen LogP contribution in [0.4, 0.5) is 0 Å². The number of carboxylic acid groups (broad SMARTS) is 1. The molecule has 0 aromatic rings. The largest absolute Gasteiger partial charge is 0.480 e. The van der Waals surface area contributed by atoms with Gasteiger partial charge in [0, 0.05) is 18.6 Å². The third-order valence-corrected chi connectivity index (χ3v) is 2.59. The molecule has 2 N–H and O–H groups in total. The molecule has 1 unspecified atom stereocenters. The minimum Gasteiger partial charge on any atom is -0.480 e. The minimum atomic E-state index is -1.04. The van der Waals surface area contributed by atoms with Gasteiger partial charge in [0.15, 0.2) is 5.78 Å². The summed E-state index contributed by atoms with van der Waals surface area (Å²) in [7, 11) is 1.49. The SMILES string of the molecule is CNC(CCC(=O)CN1C(=O)C=CC1=O)C(=O)O. The van der Waals surface area contributed by atoms with Crippen LogP contribution in [-0.4, -0.2) is 53.2 Å². The number of hydrogen-bond donors (Lipinski definition) is 2. The number of imide groups is 1. The molecule has 18 heavy (non-hydrogen) atoms. The Bertz CT molecular complexity index is 398. The Morgan fingerprint density at radius 2 is 1.89 bits per heavy atom. The Balaban J connectivity index is 2.41. The fourth-order valence-corrected chi connectivity index (χ4v) is 1.54. The summed E-state index contributed by atoms with van der Waals surface area (Å²) >= 11 is 0. The molecule has 0 spiro atoms. The van der Waals surface area contributed by atoms with Gasteiger partial charge in [-0.3, -0.25) is 24.1 Å². The Hall–Kier alpha value is -2.02. The van der Waals surface area contributed by atoms with Crippen LogP contribution in [0.2, 0.25) is 0 Å². The molecule has 1 aliphatic heterocycles. The Labute approximate surface area is 103 Å². The third kappa shape index (κ3) is 3.49. The summed E-state index contributed by atoms with van der Waals surface area (Å²) in [5, 5.41) is 11.3. The van der Waals surface area contributed by atoms with Crippen LogP contribution in [0.25, 0.3) is 0 Å². The highest BCUT2D eigenvalue weighted by atomic mass is 16.4. The van der Waals surface area contributed by atoms with Gasteiger partial charge in [0.2, 0.25) is 0 Å². The van der Waals surface area contributed by atoms with Gasteiger partial charge in [0.1, 0.15) is 6.04 Å². The standard InChI is InChI=1S/C11H14N2O5/c1-12-8(11(17)18)3-2-7(14)6-13-9(15)4-5-10(13)16/h4-5,8,12H,2-3,6H2,1H3,(H,17,18). The van der Waals surface area contributed by atoms with Crippen LogP contribution in [0.1, 0.15) is 12.8 Å². The minimum absolute atomic E-state index is 0.00509. The van der Waals surface area contributed by atoms with E-state index in [0.29, 0.717) is 0 Å². The van der Waals surface area contributed by atoms with Gasteiger partial charge in [-0.25, -0.2) is 0 Å². The number of nitrogens with one attached hydrogen (secondary N) is 1. The Morgan fingerprint density at radius 1 is 1.33 bits per heavy atom. The van der Waals surface area contributed by atoms with Crippen molar-refractivity contribution in [2.45, 2.75) is 18.9 Å². The van der Waals surface area contributed by atoms with Crippen LogP contribution < -0.4 is 5.32 Å². The van der Waals surface area contributed by atoms with E-state index < -0.39 is 23.8 Å². The van der Waals surface area contributed by atoms with E-state index >= 15 is 0 Å². The molecule has 2 amide bonds. The van der Waals surface area contributed by atoms with Crippen LogP contribution >= 0.6 is 0 Å². The molecule has 0 aromatic heterocycles. The van der Waals surface area contributed by atoms with Crippen molar-refractivity contribution in [3.63, 3.8) is 0 Å². The molecule has 7 heteroatoms. The second-order valence-corrected chi connectivity index (χ2v) is 3.85. The molecule has 0 radical (unpaired) electrons. The van der Waals surface area contributed by atoms with Crippen LogP contribution in [0, 0.1) is 0 Å². The number of hydrogen-bond acceptors (Lipinski definition) is 5. The van der Waals surface area contributed by atoms with Crippen molar-refractivity contribution in [1.82, 2.24) is 10.2 Å². The molecular formula is C11H14N2O5. The summed E-state index contributed by atoms with van der Waals surface area (Å²) in [6.45, 7) is -0.305. The average Bonchev–Trinajstić information content (AvgIpc) is 2.61. The summed E-state index contributed by atoms with van der Waals surface area (Å²) in [4.78, 5) is 45.4. The molecule has 1 heterocycles. The molecule has 7 nitrogen and oxygen atoms in total. The molecule has 0 bridgehead atoms. The van der Waals surface area contributed by atoms with Crippen LogP contribution in [0.5, 0.6) is 0 Å². The van der Waals surface area contributed by atoms with Crippen LogP contribution in [0.3, 0.4) is 0 Å². The average molecular weight is 254 g/mol. The second-order valence-electron chi connectivity index (χ2n) is 3.85. The molecule has 0 saturated carbocycles. The predicted octanol–water partition coefficient (Wildman–Crippen LogP) is -1.07. The molecule has 1 rings (SSSR count). The van der Waals surface area contributed by atoms with E-state index in [2.05, 4.69) is 5.32 Å². The topological polar surface area (TPSA) is 104 Å². The van der Waals surface area contributed by atoms with Gasteiger partial charge in [0.05, 0.1) is 6.54 Å². The maximum Gasteiger partial charge on any atom is 0.320 e. The Kier molecular flexibility index (Phi) is 4.73. The number of Topliss-reactive ketones (excluding diaryl/α,β-unsaturated/α-hetero) is 1. The maximum atomic E-state index is 11.5. The molecule has 98 valence electrons. The van der Waals surface area contributed by atoms with Crippen LogP contribution in [0.15, 0.2) is 12.2 Å². The maximum absolute atomic E-state index is 11.5. The van der Waals surface area contributed by atoms with E-state index in [0.717, 1.165) is 17.1 Å². The van der Waals surface area contributed by atoms with Crippen molar-refractivity contribution in [2.75, 3.05) is 13.6 Å². The molecule has 0 aromatic carbocycles. The first-order valence-electron chi connectivity index (χ1n) is 5.41. The zero-order valence-electron chi connectivity index (χ0n) is 9.88. The van der Waals surface area contributed by atoms with E-state index in [1.807, 2.05) is 0 Å². The number of carboxylic acids is 1. The van der Waals surface area contributed by atoms with Crippen molar-refractivity contribution >= 4 is 23.6 Å². The number of likely N-dealkylation sites (N-methyl/N-ethyl adjacent to an activating group) is 1. The van der Waals surface area contributed by atoms with Gasteiger partial charge < -0.3 is 10.4 Å². The van der Waals surface area contributed by atoms with Gasteiger partial charge in [-0.15, -0.1) is 0 Å². The van der Waals surface area contributed by atoms with Gasteiger partial charge in [-0.1, -0.05) is 0 Å². The number of rotatable bonds is 7. The smallest absolute Gasteiger partial charge is 0.320 e. The van der Waals surface area contributed by atoms with Crippen molar-refractivity contribution in [3.05, 3.63) is 12.2 Å². The summed E-state index contributed by atoms with van der Waals surface area (Å²) in [5.74, 6) is -2.42. The lowest BCUT2D eigenvalue weighted by Crippen LogP contribution is -2.37. The lowest BCUT2D eigenvalue weighted by molar-refractivity contribution is -0.142. The van der Waals surface area contributed by atoms with Crippen molar-refractivity contribution in [1.29, 1.82) is 0 Å². The number of carbonyl (C=O) groups is 4. The third-order valence-electron chi connectivity index (χ3n) is 2.59. The number of aliphatic carboxylic acids is 1. The lowest BCUT2D eigenvalue weighted by Gasteiger charge is -2.14. The fraction of sp³-hybridized carbons (Fsp3) is 0.455. The van der Waals surface area contributed by atoms with E-state index in [4.69, 9.17) is 5.11 Å². The summed E-state index contributed by atoms with van der Waals surface area (Å²) in [6.07, 6.45) is 2.32. The molecule has 1 aliphatic rings. The van der Waals surface area contributed by atoms with E-state index in [9.17, 15) is 19.2 Å². The summed E-state index contributed by atoms with van der Waals surface area (Å²) in [6, 6.07) is -0.808. The van der Waals surface area contributed by atoms with E-state index in [1.54, 1.807) is 0 Å². The predicted molar refractivity (Wildman–Crippen MR) is 60.6 cm³/mol. The van der Waals surface area contributed by atoms with Gasteiger partial charge in [-0.2, -0.15) is 0 Å². The quantitative estimate of drug-likeness (QED) is 0.561. The Morgan fingerprint density at radius 3 is 2.33 bits per heavy atom. The van der Waals surface area contributed by atoms with Gasteiger partial charge in [0.25, 0.3) is 11.8 Å². The number of nitrogens with zero attached hydrogens (tertiary/aromatic N) is 1. The molecule has 1 atom stereocenters. The normalized spacial score (nSPS) is 16.2. The number of amides is 2. The molecule has 0 fully saturated rings. The highest BCUT2D eigenvalue weighted by Gasteiger charge is 2.26. The zero-order valence-corrected chi connectivity index (χ0v) is 9.88. The van der Waals surface area contributed by atoms with Crippen molar-refractivity contribution in [3.8, 4) is 0 Å². The number of ketones is 1. The van der Waals surface area contributed by atoms with Crippen LogP contribution in [-0.2, 0) is 19.2 Å². The summed E-state index contributed by atoms with van der Waals surface area (Å²) in [5.41, 5.74) is 0. The monoisotopic (exact) mass is 254 g/mol. The van der Waals surface area contributed by atoms with Crippen molar-refractivity contribution < 1.29 is 24.3 Å². The van der Waals surface area contributed by atoms with Gasteiger partial charge in [-0.05, 0) is 13.5 Å². The molecule has 0 aliphatic carbocycles. The van der Waals surface area contributed by atoms with Crippen molar-refractivity contribution in [2.24, 2.45) is 0 Å². The lowest BCUT2D eigenvalue weighted by atomic mass is 10.1. The highest BCUT2D eigenvalue weighted by molar-refractivity contribution is 6.14. The fourth-order valence-electron chi connectivity index (χ4n) is 1.54. The molecule has 0 saturated heterocycles. The van der Waals surface area contributed by atoms with E-state index in [1.165, 1.54) is 7.05 Å². The molecular weight excluding hydrogens is 240 g/mol. The first-order valence-corrected chi connectivity index (χ1v) is 5.41. The van der Waals surface area contributed by atoms with E-state index in [-0.39, 0.29) is 25.2 Å².